The van der Waals surface area contributed by atoms with Gasteiger partial charge in [-0.05, 0) is 36.8 Å². The quantitative estimate of drug-likeness (QED) is 0.875. The fourth-order valence-corrected chi connectivity index (χ4v) is 5.35. The minimum atomic E-state index is -3.81. The van der Waals surface area contributed by atoms with Gasteiger partial charge in [0, 0.05) is 6.54 Å². The lowest BCUT2D eigenvalue weighted by Gasteiger charge is -2.18. The Morgan fingerprint density at radius 1 is 1.08 bits per heavy atom. The molecule has 0 atom stereocenters. The lowest BCUT2D eigenvalue weighted by Crippen LogP contribution is -2.25. The average molecular weight is 387 g/mol. The van der Waals surface area contributed by atoms with Crippen molar-refractivity contribution in [1.82, 2.24) is 0 Å². The second-order valence-electron chi connectivity index (χ2n) is 5.32. The van der Waals surface area contributed by atoms with Gasteiger partial charge in [0.2, 0.25) is 10.0 Å². The maximum Gasteiger partial charge on any atom is 0.261 e. The molecule has 3 rings (SSSR count). The Morgan fingerprint density at radius 2 is 1.79 bits per heavy atom. The van der Waals surface area contributed by atoms with E-state index >= 15 is 0 Å². The molecule has 2 aromatic carbocycles. The Morgan fingerprint density at radius 3 is 2.42 bits per heavy atom. The van der Waals surface area contributed by atoms with Gasteiger partial charge in [-0.25, -0.2) is 16.8 Å². The molecule has 0 aromatic heterocycles. The van der Waals surface area contributed by atoms with Crippen LogP contribution >= 0.6 is 11.6 Å². The molecular formula is C15H15ClN2O4S2. The smallest absolute Gasteiger partial charge is 0.261 e. The third-order valence-corrected chi connectivity index (χ3v) is 7.22. The maximum atomic E-state index is 12.4. The fraction of sp³-hybridized carbons (Fsp3) is 0.200. The number of sulfonamides is 2. The van der Waals surface area contributed by atoms with Crippen LogP contribution in [0.15, 0.2) is 53.4 Å². The molecule has 0 saturated carbocycles. The normalized spacial score (nSPS) is 17.0. The summed E-state index contributed by atoms with van der Waals surface area (Å²) in [4.78, 5) is 0.0975. The monoisotopic (exact) mass is 386 g/mol. The first kappa shape index (κ1) is 17.1. The molecule has 1 heterocycles. The van der Waals surface area contributed by atoms with Gasteiger partial charge in [0.25, 0.3) is 10.0 Å². The highest BCUT2D eigenvalue weighted by atomic mass is 35.5. The maximum absolute atomic E-state index is 12.4. The predicted molar refractivity (Wildman–Crippen MR) is 94.5 cm³/mol. The number of nitrogens with zero attached hydrogens (tertiary/aromatic N) is 1. The zero-order chi connectivity index (χ0) is 17.4. The van der Waals surface area contributed by atoms with Crippen molar-refractivity contribution in [3.8, 4) is 0 Å². The second kappa shape index (κ2) is 6.27. The molecule has 1 aliphatic rings. The largest absolute Gasteiger partial charge is 0.278 e. The molecule has 0 radical (unpaired) electrons. The number of benzene rings is 2. The van der Waals surface area contributed by atoms with Crippen molar-refractivity contribution in [2.75, 3.05) is 21.3 Å². The topological polar surface area (TPSA) is 83.6 Å². The van der Waals surface area contributed by atoms with Crippen LogP contribution in [0.25, 0.3) is 0 Å². The summed E-state index contributed by atoms with van der Waals surface area (Å²) >= 11 is 6.07. The fourth-order valence-electron chi connectivity index (χ4n) is 2.48. The minimum Gasteiger partial charge on any atom is -0.278 e. The Balaban J connectivity index is 1.96. The summed E-state index contributed by atoms with van der Waals surface area (Å²) in [7, 11) is -7.16. The molecular weight excluding hydrogens is 372 g/mol. The first-order valence-corrected chi connectivity index (χ1v) is 10.6. The van der Waals surface area contributed by atoms with Crippen molar-refractivity contribution < 1.29 is 16.8 Å². The number of rotatable bonds is 4. The SMILES string of the molecule is O=S(=O)(Nc1cc(N2CCCS2(=O)=O)ccc1Cl)c1ccccc1. The van der Waals surface area contributed by atoms with Crippen LogP contribution in [0.3, 0.4) is 0 Å². The van der Waals surface area contributed by atoms with Crippen molar-refractivity contribution in [2.45, 2.75) is 11.3 Å². The lowest BCUT2D eigenvalue weighted by atomic mass is 10.3. The number of anilines is 2. The van der Waals surface area contributed by atoms with Gasteiger partial charge >= 0.3 is 0 Å². The first-order chi connectivity index (χ1) is 11.3. The molecule has 1 aliphatic heterocycles. The van der Waals surface area contributed by atoms with E-state index < -0.39 is 20.0 Å². The minimum absolute atomic E-state index is 0.0840. The highest BCUT2D eigenvalue weighted by Crippen LogP contribution is 2.32. The molecule has 0 unspecified atom stereocenters. The van der Waals surface area contributed by atoms with Crippen LogP contribution in [-0.4, -0.2) is 29.1 Å². The van der Waals surface area contributed by atoms with E-state index in [0.717, 1.165) is 0 Å². The van der Waals surface area contributed by atoms with Gasteiger partial charge in [-0.1, -0.05) is 29.8 Å². The summed E-state index contributed by atoms with van der Waals surface area (Å²) in [5.41, 5.74) is 0.530. The third kappa shape index (κ3) is 3.35. The van der Waals surface area contributed by atoms with E-state index in [9.17, 15) is 16.8 Å². The molecule has 2 aromatic rings. The van der Waals surface area contributed by atoms with Gasteiger partial charge < -0.3 is 0 Å². The van der Waals surface area contributed by atoms with Crippen LogP contribution in [0.1, 0.15) is 6.42 Å². The zero-order valence-corrected chi connectivity index (χ0v) is 14.9. The van der Waals surface area contributed by atoms with Crippen molar-refractivity contribution in [3.05, 3.63) is 53.6 Å². The molecule has 0 spiro atoms. The van der Waals surface area contributed by atoms with Crippen LogP contribution in [0.2, 0.25) is 5.02 Å². The van der Waals surface area contributed by atoms with E-state index in [0.29, 0.717) is 18.7 Å². The average Bonchev–Trinajstić information content (AvgIpc) is 2.89. The van der Waals surface area contributed by atoms with Gasteiger partial charge in [-0.2, -0.15) is 0 Å². The summed E-state index contributed by atoms with van der Waals surface area (Å²) in [5, 5.41) is 0.190. The Labute approximate surface area is 146 Å². The summed E-state index contributed by atoms with van der Waals surface area (Å²) in [6.45, 7) is 0.370. The van der Waals surface area contributed by atoms with E-state index in [1.807, 2.05) is 0 Å². The summed E-state index contributed by atoms with van der Waals surface area (Å²) in [6, 6.07) is 12.3. The van der Waals surface area contributed by atoms with E-state index in [-0.39, 0.29) is 21.4 Å². The molecule has 9 heteroatoms. The molecule has 1 N–H and O–H groups in total. The first-order valence-electron chi connectivity index (χ1n) is 7.17. The highest BCUT2D eigenvalue weighted by molar-refractivity contribution is 7.93. The highest BCUT2D eigenvalue weighted by Gasteiger charge is 2.29. The molecule has 24 heavy (non-hydrogen) atoms. The van der Waals surface area contributed by atoms with Crippen LogP contribution in [0, 0.1) is 0 Å². The molecule has 0 amide bonds. The van der Waals surface area contributed by atoms with E-state index in [1.165, 1.54) is 28.6 Å². The van der Waals surface area contributed by atoms with E-state index in [1.54, 1.807) is 24.3 Å². The van der Waals surface area contributed by atoms with Crippen LogP contribution in [0.4, 0.5) is 11.4 Å². The number of hydrogen-bond donors (Lipinski definition) is 1. The Bertz CT molecular complexity index is 960. The Hall–Kier alpha value is -1.77. The van der Waals surface area contributed by atoms with Crippen molar-refractivity contribution in [2.24, 2.45) is 0 Å². The van der Waals surface area contributed by atoms with Gasteiger partial charge in [0.05, 0.1) is 27.0 Å². The predicted octanol–water partition coefficient (Wildman–Crippen LogP) is 2.68. The van der Waals surface area contributed by atoms with Crippen molar-refractivity contribution in [1.29, 1.82) is 0 Å². The Kier molecular flexibility index (Phi) is 4.46. The third-order valence-electron chi connectivity index (χ3n) is 3.64. The van der Waals surface area contributed by atoms with Crippen LogP contribution in [-0.2, 0) is 20.0 Å². The molecule has 6 nitrogen and oxygen atoms in total. The molecule has 128 valence electrons. The number of halogens is 1. The number of hydrogen-bond acceptors (Lipinski definition) is 4. The molecule has 1 fully saturated rings. The van der Waals surface area contributed by atoms with Crippen LogP contribution < -0.4 is 9.03 Å². The van der Waals surface area contributed by atoms with E-state index in [2.05, 4.69) is 4.72 Å². The standard InChI is InChI=1S/C15H15ClN2O4S2/c16-14-8-7-12(18-9-4-10-23(18,19)20)11-15(14)17-24(21,22)13-5-2-1-3-6-13/h1-3,5-8,11,17H,4,9-10H2. The van der Waals surface area contributed by atoms with Crippen molar-refractivity contribution in [3.63, 3.8) is 0 Å². The second-order valence-corrected chi connectivity index (χ2v) is 9.43. The van der Waals surface area contributed by atoms with E-state index in [4.69, 9.17) is 11.6 Å². The van der Waals surface area contributed by atoms with Crippen LogP contribution in [0.5, 0.6) is 0 Å². The molecule has 0 aliphatic carbocycles. The summed E-state index contributed by atoms with van der Waals surface area (Å²) in [5.74, 6) is 0.0840. The molecule has 1 saturated heterocycles. The lowest BCUT2D eigenvalue weighted by molar-refractivity contribution is 0.598. The van der Waals surface area contributed by atoms with Crippen molar-refractivity contribution >= 4 is 43.0 Å². The zero-order valence-electron chi connectivity index (χ0n) is 12.5. The summed E-state index contributed by atoms with van der Waals surface area (Å²) in [6.07, 6.45) is 0.538. The van der Waals surface area contributed by atoms with Gasteiger partial charge in [0.15, 0.2) is 0 Å². The molecule has 0 bridgehead atoms. The van der Waals surface area contributed by atoms with Gasteiger partial charge in [-0.3, -0.25) is 9.03 Å². The summed E-state index contributed by atoms with van der Waals surface area (Å²) < 4.78 is 52.5. The number of nitrogens with one attached hydrogen (secondary N) is 1. The van der Waals surface area contributed by atoms with Gasteiger partial charge in [-0.15, -0.1) is 0 Å². The van der Waals surface area contributed by atoms with Gasteiger partial charge in [0.1, 0.15) is 0 Å².